The molecule has 0 aromatic carbocycles. The molecule has 3 atom stereocenters. The summed E-state index contributed by atoms with van der Waals surface area (Å²) >= 11 is 0. The van der Waals surface area contributed by atoms with Gasteiger partial charge in [0.1, 0.15) is 0 Å². The van der Waals surface area contributed by atoms with Gasteiger partial charge in [-0.25, -0.2) is 0 Å². The number of carbonyl (C=O) groups is 1. The van der Waals surface area contributed by atoms with Gasteiger partial charge in [0, 0.05) is 31.7 Å². The van der Waals surface area contributed by atoms with Crippen molar-refractivity contribution in [2.75, 3.05) is 6.54 Å². The number of aliphatic hydroxyl groups is 1. The zero-order valence-corrected chi connectivity index (χ0v) is 12.7. The molecule has 1 aromatic heterocycles. The Bertz CT molecular complexity index is 499. The van der Waals surface area contributed by atoms with E-state index in [0.29, 0.717) is 6.42 Å². The van der Waals surface area contributed by atoms with Gasteiger partial charge >= 0.3 is 0 Å². The van der Waals surface area contributed by atoms with Gasteiger partial charge in [0.15, 0.2) is 0 Å². The van der Waals surface area contributed by atoms with Crippen molar-refractivity contribution in [3.63, 3.8) is 0 Å². The topological polar surface area (TPSA) is 58.4 Å². The second kappa shape index (κ2) is 6.18. The number of hydrogen-bond donors (Lipinski definition) is 1. The third-order valence-electron chi connectivity index (χ3n) is 5.00. The maximum Gasteiger partial charge on any atom is 0.228 e. The van der Waals surface area contributed by atoms with Crippen LogP contribution in [0.5, 0.6) is 0 Å². The highest BCUT2D eigenvalue weighted by Gasteiger charge is 2.38. The molecule has 0 spiro atoms. The van der Waals surface area contributed by atoms with Gasteiger partial charge in [-0.05, 0) is 31.7 Å². The van der Waals surface area contributed by atoms with Crippen LogP contribution in [0.4, 0.5) is 0 Å². The molecule has 1 aliphatic carbocycles. The fourth-order valence-corrected chi connectivity index (χ4v) is 3.95. The number of likely N-dealkylation sites (tertiary alicyclic amines) is 1. The summed E-state index contributed by atoms with van der Waals surface area (Å²) < 4.78 is 1.73. The molecule has 2 aliphatic rings. The van der Waals surface area contributed by atoms with Crippen molar-refractivity contribution in [3.05, 3.63) is 18.0 Å². The molecule has 116 valence electrons. The molecule has 5 heteroatoms. The standard InChI is InChI=1S/C16H25N3O2/c1-18-10-8-12(17-18)11-16(21)19-9-4-6-14(19)13-5-2-3-7-15(13)20/h8,10,13-15,20H,2-7,9,11H2,1H3/t13-,14+,15+/m0/s1. The van der Waals surface area contributed by atoms with E-state index in [2.05, 4.69) is 5.10 Å². The van der Waals surface area contributed by atoms with Gasteiger partial charge in [0.2, 0.25) is 5.91 Å². The molecule has 2 fully saturated rings. The molecule has 1 saturated heterocycles. The van der Waals surface area contributed by atoms with Crippen molar-refractivity contribution in [3.8, 4) is 0 Å². The molecule has 5 nitrogen and oxygen atoms in total. The highest BCUT2D eigenvalue weighted by atomic mass is 16.3. The number of aryl methyl sites for hydroxylation is 1. The van der Waals surface area contributed by atoms with Crippen molar-refractivity contribution >= 4 is 5.91 Å². The Morgan fingerprint density at radius 1 is 1.33 bits per heavy atom. The summed E-state index contributed by atoms with van der Waals surface area (Å²) in [6.45, 7) is 0.833. The first-order valence-corrected chi connectivity index (χ1v) is 8.11. The fourth-order valence-electron chi connectivity index (χ4n) is 3.95. The Hall–Kier alpha value is -1.36. The van der Waals surface area contributed by atoms with Crippen LogP contribution in [-0.4, -0.2) is 44.4 Å². The van der Waals surface area contributed by atoms with Crippen LogP contribution in [0.15, 0.2) is 12.3 Å². The number of aliphatic hydroxyl groups excluding tert-OH is 1. The van der Waals surface area contributed by atoms with Gasteiger partial charge in [0.05, 0.1) is 18.2 Å². The van der Waals surface area contributed by atoms with E-state index in [1.807, 2.05) is 24.2 Å². The molecule has 0 unspecified atom stereocenters. The van der Waals surface area contributed by atoms with E-state index in [1.54, 1.807) is 4.68 Å². The van der Waals surface area contributed by atoms with Gasteiger partial charge in [-0.1, -0.05) is 12.8 Å². The van der Waals surface area contributed by atoms with Gasteiger partial charge in [-0.2, -0.15) is 5.10 Å². The van der Waals surface area contributed by atoms with Crippen molar-refractivity contribution in [2.45, 2.75) is 57.1 Å². The Morgan fingerprint density at radius 2 is 2.14 bits per heavy atom. The van der Waals surface area contributed by atoms with Crippen LogP contribution >= 0.6 is 0 Å². The first-order chi connectivity index (χ1) is 10.1. The largest absolute Gasteiger partial charge is 0.393 e. The second-order valence-electron chi connectivity index (χ2n) is 6.47. The Balaban J connectivity index is 1.66. The second-order valence-corrected chi connectivity index (χ2v) is 6.47. The average molecular weight is 291 g/mol. The SMILES string of the molecule is Cn1ccc(CC(=O)N2CCC[C@@H]2[C@@H]2CCCC[C@H]2O)n1. The summed E-state index contributed by atoms with van der Waals surface area (Å²) in [7, 11) is 1.87. The van der Waals surface area contributed by atoms with Crippen LogP contribution in [0.3, 0.4) is 0 Å². The van der Waals surface area contributed by atoms with Crippen molar-refractivity contribution < 1.29 is 9.90 Å². The predicted octanol–water partition coefficient (Wildman–Crippen LogP) is 1.50. The zero-order valence-electron chi connectivity index (χ0n) is 12.7. The molecule has 1 aliphatic heterocycles. The summed E-state index contributed by atoms with van der Waals surface area (Å²) in [6, 6.07) is 2.13. The lowest BCUT2D eigenvalue weighted by atomic mass is 9.80. The van der Waals surface area contributed by atoms with E-state index in [1.165, 1.54) is 6.42 Å². The predicted molar refractivity (Wildman–Crippen MR) is 79.6 cm³/mol. The summed E-state index contributed by atoms with van der Waals surface area (Å²) in [5.41, 5.74) is 0.831. The van der Waals surface area contributed by atoms with Crippen molar-refractivity contribution in [1.82, 2.24) is 14.7 Å². The van der Waals surface area contributed by atoms with Crippen LogP contribution in [0.2, 0.25) is 0 Å². The first-order valence-electron chi connectivity index (χ1n) is 8.11. The minimum absolute atomic E-state index is 0.161. The zero-order chi connectivity index (χ0) is 14.8. The molecule has 0 bridgehead atoms. The number of carbonyl (C=O) groups excluding carboxylic acids is 1. The number of hydrogen-bond acceptors (Lipinski definition) is 3. The Kier molecular flexibility index (Phi) is 4.29. The van der Waals surface area contributed by atoms with Crippen LogP contribution in [0.25, 0.3) is 0 Å². The maximum atomic E-state index is 12.6. The van der Waals surface area contributed by atoms with Crippen LogP contribution in [-0.2, 0) is 18.3 Å². The molecule has 3 rings (SSSR count). The summed E-state index contributed by atoms with van der Waals surface area (Å²) in [4.78, 5) is 14.6. The van der Waals surface area contributed by atoms with Gasteiger partial charge in [0.25, 0.3) is 0 Å². The highest BCUT2D eigenvalue weighted by molar-refractivity contribution is 5.79. The summed E-state index contributed by atoms with van der Waals surface area (Å²) in [6.07, 6.45) is 8.36. The van der Waals surface area contributed by atoms with Crippen LogP contribution in [0.1, 0.15) is 44.2 Å². The number of nitrogens with zero attached hydrogens (tertiary/aromatic N) is 3. The van der Waals surface area contributed by atoms with E-state index in [4.69, 9.17) is 0 Å². The normalized spacial score (nSPS) is 29.8. The monoisotopic (exact) mass is 291 g/mol. The minimum Gasteiger partial charge on any atom is -0.393 e. The maximum absolute atomic E-state index is 12.6. The van der Waals surface area contributed by atoms with Crippen molar-refractivity contribution in [2.24, 2.45) is 13.0 Å². The van der Waals surface area contributed by atoms with E-state index in [-0.39, 0.29) is 24.0 Å². The summed E-state index contributed by atoms with van der Waals surface area (Å²) in [5.74, 6) is 0.433. The Labute approximate surface area is 125 Å². The molecule has 1 N–H and O–H groups in total. The molecule has 2 heterocycles. The quantitative estimate of drug-likeness (QED) is 0.918. The lowest BCUT2D eigenvalue weighted by Crippen LogP contribution is -2.45. The lowest BCUT2D eigenvalue weighted by molar-refractivity contribution is -0.133. The fraction of sp³-hybridized carbons (Fsp3) is 0.750. The van der Waals surface area contributed by atoms with Gasteiger partial charge in [-0.3, -0.25) is 9.48 Å². The molecule has 1 amide bonds. The lowest BCUT2D eigenvalue weighted by Gasteiger charge is -2.37. The minimum atomic E-state index is -0.230. The number of amides is 1. The van der Waals surface area contributed by atoms with Crippen LogP contribution in [0, 0.1) is 5.92 Å². The molecule has 1 aromatic rings. The third-order valence-corrected chi connectivity index (χ3v) is 5.00. The van der Waals surface area contributed by atoms with E-state index in [9.17, 15) is 9.90 Å². The van der Waals surface area contributed by atoms with E-state index < -0.39 is 0 Å². The van der Waals surface area contributed by atoms with Gasteiger partial charge in [-0.15, -0.1) is 0 Å². The highest BCUT2D eigenvalue weighted by Crippen LogP contribution is 2.34. The first kappa shape index (κ1) is 14.6. The van der Waals surface area contributed by atoms with E-state index >= 15 is 0 Å². The smallest absolute Gasteiger partial charge is 0.228 e. The van der Waals surface area contributed by atoms with E-state index in [0.717, 1.165) is 44.3 Å². The summed E-state index contributed by atoms with van der Waals surface area (Å²) in [5, 5.41) is 14.6. The van der Waals surface area contributed by atoms with Gasteiger partial charge < -0.3 is 10.0 Å². The molecule has 0 radical (unpaired) electrons. The Morgan fingerprint density at radius 3 is 2.86 bits per heavy atom. The third kappa shape index (κ3) is 3.12. The molecule has 1 saturated carbocycles. The van der Waals surface area contributed by atoms with Crippen molar-refractivity contribution in [1.29, 1.82) is 0 Å². The number of aromatic nitrogens is 2. The molecule has 21 heavy (non-hydrogen) atoms. The average Bonchev–Trinajstić information content (AvgIpc) is 3.08. The number of rotatable bonds is 3. The van der Waals surface area contributed by atoms with Crippen LogP contribution < -0.4 is 0 Å². The molecular formula is C16H25N3O2. The molecular weight excluding hydrogens is 266 g/mol.